The minimum absolute atomic E-state index is 0.0844. The lowest BCUT2D eigenvalue weighted by molar-refractivity contribution is 0.0384. The monoisotopic (exact) mass is 1040 g/mol. The van der Waals surface area contributed by atoms with E-state index < -0.39 is 86.4 Å². The van der Waals surface area contributed by atoms with Gasteiger partial charge in [0.15, 0.2) is 0 Å². The molecular weight excluding hydrogens is 1030 g/mol. The Morgan fingerprint density at radius 3 is 0.854 bits per heavy atom. The highest BCUT2D eigenvalue weighted by Gasteiger charge is 2.27. The molecule has 0 aliphatic rings. The van der Waals surface area contributed by atoms with E-state index in [0.717, 1.165) is 36.4 Å². The highest BCUT2D eigenvalue weighted by atomic mass is 79.9. The van der Waals surface area contributed by atoms with E-state index in [1.165, 1.54) is 18.2 Å². The Morgan fingerprint density at radius 1 is 0.396 bits per heavy atom. The standard InChI is InChI=1S/C30H12Br6O12/c31-16-4-1-13(22(37)19(16)34)28(43)46-25(40)10-7-11(26(41)47-29(44)14-2-5-17(32)20(35)23(14)38)9-12(8-10)27(42)48-30(45)15-3-6-18(33)21(36)24(15)39/h1-9,37-39H. The molecule has 0 aliphatic heterocycles. The molecule has 4 aromatic carbocycles. The van der Waals surface area contributed by atoms with E-state index in [-0.39, 0.29) is 13.4 Å². The zero-order chi connectivity index (χ0) is 35.6. The van der Waals surface area contributed by atoms with E-state index in [2.05, 4.69) is 95.6 Å². The number of benzene rings is 4. The Hall–Kier alpha value is -3.42. The summed E-state index contributed by atoms with van der Waals surface area (Å²) in [5.41, 5.74) is -3.14. The Labute approximate surface area is 319 Å². The third kappa shape index (κ3) is 8.06. The molecule has 4 rings (SSSR count). The van der Waals surface area contributed by atoms with Crippen LogP contribution in [0.15, 0.2) is 81.4 Å². The number of aromatic hydroxyl groups is 3. The summed E-state index contributed by atoms with van der Waals surface area (Å²) in [4.78, 5) is 77.5. The lowest BCUT2D eigenvalue weighted by Gasteiger charge is -2.11. The molecule has 0 amide bonds. The molecule has 0 aromatic heterocycles. The number of ether oxygens (including phenoxy) is 3. The maximum absolute atomic E-state index is 13.1. The molecule has 0 radical (unpaired) electrons. The fraction of sp³-hybridized carbons (Fsp3) is 0. The maximum Gasteiger partial charge on any atom is 0.349 e. The summed E-state index contributed by atoms with van der Waals surface area (Å²) in [5.74, 6) is -9.93. The first kappa shape index (κ1) is 37.4. The first-order valence-electron chi connectivity index (χ1n) is 12.5. The second-order valence-corrected chi connectivity index (χ2v) is 14.0. The number of phenolic OH excluding ortho intramolecular Hbond substituents is 3. The van der Waals surface area contributed by atoms with Crippen molar-refractivity contribution < 1.29 is 58.3 Å². The van der Waals surface area contributed by atoms with Crippen LogP contribution in [-0.2, 0) is 14.2 Å². The van der Waals surface area contributed by atoms with E-state index >= 15 is 0 Å². The van der Waals surface area contributed by atoms with E-state index in [0.29, 0.717) is 13.4 Å². The molecular formula is C30H12Br6O12. The lowest BCUT2D eigenvalue weighted by Crippen LogP contribution is -2.19. The van der Waals surface area contributed by atoms with Crippen molar-refractivity contribution in [3.8, 4) is 17.2 Å². The Balaban J connectivity index is 1.69. The SMILES string of the molecule is O=C(OC(=O)c1ccc(Br)c(Br)c1O)c1cc(C(=O)OC(=O)c2ccc(Br)c(Br)c2O)cc(C(=O)OC(=O)c2ccc(Br)c(Br)c2O)c1. The summed E-state index contributed by atoms with van der Waals surface area (Å²) in [6.45, 7) is 0. The maximum atomic E-state index is 13.1. The van der Waals surface area contributed by atoms with Crippen LogP contribution in [0.5, 0.6) is 17.2 Å². The summed E-state index contributed by atoms with van der Waals surface area (Å²) in [6.07, 6.45) is 0. The van der Waals surface area contributed by atoms with Crippen LogP contribution in [0.3, 0.4) is 0 Å². The largest absolute Gasteiger partial charge is 0.506 e. The minimum Gasteiger partial charge on any atom is -0.506 e. The van der Waals surface area contributed by atoms with Crippen LogP contribution in [0, 0.1) is 0 Å². The van der Waals surface area contributed by atoms with Crippen molar-refractivity contribution in [2.24, 2.45) is 0 Å². The molecule has 0 spiro atoms. The fourth-order valence-electron chi connectivity index (χ4n) is 3.69. The van der Waals surface area contributed by atoms with Crippen molar-refractivity contribution in [3.05, 3.63) is 115 Å². The van der Waals surface area contributed by atoms with Crippen LogP contribution in [0.1, 0.15) is 62.1 Å². The molecule has 18 heteroatoms. The molecule has 0 fully saturated rings. The Kier molecular flexibility index (Phi) is 12.0. The van der Waals surface area contributed by atoms with Crippen molar-refractivity contribution in [2.45, 2.75) is 0 Å². The number of carbonyl (C=O) groups is 6. The van der Waals surface area contributed by atoms with Crippen molar-refractivity contribution in [3.63, 3.8) is 0 Å². The van der Waals surface area contributed by atoms with Crippen LogP contribution < -0.4 is 0 Å². The number of phenols is 3. The topological polar surface area (TPSA) is 191 Å². The van der Waals surface area contributed by atoms with Gasteiger partial charge in [0, 0.05) is 13.4 Å². The summed E-state index contributed by atoms with van der Waals surface area (Å²) in [6, 6.07) is 10.0. The molecule has 0 bridgehead atoms. The quantitative estimate of drug-likeness (QED) is 0.0952. The number of hydrogen-bond donors (Lipinski definition) is 3. The molecule has 0 saturated carbocycles. The van der Waals surface area contributed by atoms with Gasteiger partial charge in [-0.25, -0.2) is 28.8 Å². The minimum atomic E-state index is -1.43. The molecule has 12 nitrogen and oxygen atoms in total. The Bertz CT molecular complexity index is 1830. The smallest absolute Gasteiger partial charge is 0.349 e. The molecule has 0 unspecified atom stereocenters. The summed E-state index contributed by atoms with van der Waals surface area (Å²) in [7, 11) is 0. The van der Waals surface area contributed by atoms with Crippen molar-refractivity contribution in [2.75, 3.05) is 0 Å². The number of esters is 6. The van der Waals surface area contributed by atoms with Crippen LogP contribution in [-0.4, -0.2) is 51.1 Å². The van der Waals surface area contributed by atoms with E-state index in [1.807, 2.05) is 0 Å². The van der Waals surface area contributed by atoms with Crippen LogP contribution in [0.2, 0.25) is 0 Å². The molecule has 4 aromatic rings. The van der Waals surface area contributed by atoms with E-state index in [1.54, 1.807) is 0 Å². The zero-order valence-corrected chi connectivity index (χ0v) is 32.5. The number of rotatable bonds is 6. The van der Waals surface area contributed by atoms with Crippen LogP contribution in [0.25, 0.3) is 0 Å². The third-order valence-electron chi connectivity index (χ3n) is 6.06. The number of carbonyl (C=O) groups excluding carboxylic acids is 6. The van der Waals surface area contributed by atoms with Gasteiger partial charge in [-0.3, -0.25) is 0 Å². The van der Waals surface area contributed by atoms with Gasteiger partial charge in [-0.2, -0.15) is 0 Å². The van der Waals surface area contributed by atoms with Crippen molar-refractivity contribution in [1.29, 1.82) is 0 Å². The van der Waals surface area contributed by atoms with Gasteiger partial charge in [-0.05, 0) is 150 Å². The molecule has 0 atom stereocenters. The fourth-order valence-corrected chi connectivity index (χ4v) is 5.69. The number of halogens is 6. The first-order valence-corrected chi connectivity index (χ1v) is 17.2. The van der Waals surface area contributed by atoms with Gasteiger partial charge < -0.3 is 29.5 Å². The second-order valence-electron chi connectivity index (χ2n) is 9.10. The first-order chi connectivity index (χ1) is 22.5. The van der Waals surface area contributed by atoms with Gasteiger partial charge in [0.2, 0.25) is 0 Å². The number of hydrogen-bond acceptors (Lipinski definition) is 12. The molecule has 0 saturated heterocycles. The molecule has 0 heterocycles. The average molecular weight is 1040 g/mol. The summed E-state index contributed by atoms with van der Waals surface area (Å²) >= 11 is 18.6. The van der Waals surface area contributed by atoms with Crippen molar-refractivity contribution >= 4 is 131 Å². The van der Waals surface area contributed by atoms with Crippen molar-refractivity contribution in [1.82, 2.24) is 0 Å². The average Bonchev–Trinajstić information content (AvgIpc) is 3.04. The normalized spacial score (nSPS) is 10.6. The predicted octanol–water partition coefficient (Wildman–Crippen LogP) is 8.37. The van der Waals surface area contributed by atoms with Gasteiger partial charge in [-0.1, -0.05) is 0 Å². The molecule has 246 valence electrons. The predicted molar refractivity (Wildman–Crippen MR) is 186 cm³/mol. The van der Waals surface area contributed by atoms with Gasteiger partial charge in [0.05, 0.1) is 30.1 Å². The van der Waals surface area contributed by atoms with E-state index in [4.69, 9.17) is 14.2 Å². The van der Waals surface area contributed by atoms with Gasteiger partial charge in [-0.15, -0.1) is 0 Å². The molecule has 48 heavy (non-hydrogen) atoms. The third-order valence-corrected chi connectivity index (χ3v) is 12.1. The van der Waals surface area contributed by atoms with Crippen LogP contribution >= 0.6 is 95.6 Å². The summed E-state index contributed by atoms with van der Waals surface area (Å²) in [5, 5.41) is 30.9. The second kappa shape index (κ2) is 15.4. The van der Waals surface area contributed by atoms with Crippen LogP contribution in [0.4, 0.5) is 0 Å². The highest BCUT2D eigenvalue weighted by molar-refractivity contribution is 9.13. The molecule has 3 N–H and O–H groups in total. The lowest BCUT2D eigenvalue weighted by atomic mass is 10.1. The van der Waals surface area contributed by atoms with E-state index in [9.17, 15) is 44.1 Å². The summed E-state index contributed by atoms with van der Waals surface area (Å²) < 4.78 is 16.0. The van der Waals surface area contributed by atoms with Gasteiger partial charge in [0.25, 0.3) is 0 Å². The highest BCUT2D eigenvalue weighted by Crippen LogP contribution is 2.37. The van der Waals surface area contributed by atoms with Gasteiger partial charge >= 0.3 is 35.8 Å². The zero-order valence-electron chi connectivity index (χ0n) is 23.0. The van der Waals surface area contributed by atoms with Gasteiger partial charge in [0.1, 0.15) is 33.9 Å². The molecule has 0 aliphatic carbocycles. The Morgan fingerprint density at radius 2 is 0.625 bits per heavy atom.